The predicted molar refractivity (Wildman–Crippen MR) is 55.2 cm³/mol. The van der Waals surface area contributed by atoms with E-state index in [1.54, 1.807) is 12.4 Å². The molecule has 0 bridgehead atoms. The van der Waals surface area contributed by atoms with Gasteiger partial charge in [-0.3, -0.25) is 9.78 Å². The third kappa shape index (κ3) is 2.73. The highest BCUT2D eigenvalue weighted by atomic mass is 32.1. The minimum atomic E-state index is -0.0837. The first-order chi connectivity index (χ1) is 6.25. The highest BCUT2D eigenvalue weighted by Gasteiger charge is 2.06. The number of aromatic nitrogens is 1. The summed E-state index contributed by atoms with van der Waals surface area (Å²) in [6.07, 6.45) is 3.24. The van der Waals surface area contributed by atoms with Crippen molar-refractivity contribution in [1.82, 2.24) is 10.3 Å². The van der Waals surface area contributed by atoms with E-state index < -0.39 is 0 Å². The maximum Gasteiger partial charge on any atom is 0.253 e. The first-order valence-corrected chi connectivity index (χ1v) is 4.68. The molecule has 0 aliphatic carbocycles. The van der Waals surface area contributed by atoms with E-state index in [1.807, 2.05) is 13.0 Å². The van der Waals surface area contributed by atoms with E-state index >= 15 is 0 Å². The monoisotopic (exact) mass is 196 g/mol. The molecule has 1 N–H and O–H groups in total. The summed E-state index contributed by atoms with van der Waals surface area (Å²) in [6.45, 7) is 2.47. The second-order valence-corrected chi connectivity index (χ2v) is 3.12. The summed E-state index contributed by atoms with van der Waals surface area (Å²) in [5.41, 5.74) is 1.57. The van der Waals surface area contributed by atoms with Crippen molar-refractivity contribution >= 4 is 18.5 Å². The van der Waals surface area contributed by atoms with Crippen molar-refractivity contribution in [3.05, 3.63) is 29.6 Å². The smallest absolute Gasteiger partial charge is 0.253 e. The molecular formula is C9H12N2OS. The zero-order valence-corrected chi connectivity index (χ0v) is 8.34. The molecule has 0 aromatic carbocycles. The lowest BCUT2D eigenvalue weighted by Crippen LogP contribution is -2.26. The number of pyridine rings is 1. The highest BCUT2D eigenvalue weighted by molar-refractivity contribution is 7.80. The number of hydrogen-bond acceptors (Lipinski definition) is 3. The lowest BCUT2D eigenvalue weighted by molar-refractivity contribution is 0.0955. The standard InChI is InChI=1S/C9H12N2OS/c1-7-2-3-10-6-8(7)9(12)11-4-5-13/h2-3,6,13H,4-5H2,1H3,(H,11,12). The molecule has 0 spiro atoms. The first-order valence-electron chi connectivity index (χ1n) is 4.05. The lowest BCUT2D eigenvalue weighted by atomic mass is 10.1. The number of thiol groups is 1. The van der Waals surface area contributed by atoms with Crippen LogP contribution in [-0.4, -0.2) is 23.2 Å². The Kier molecular flexibility index (Phi) is 3.76. The van der Waals surface area contributed by atoms with Gasteiger partial charge < -0.3 is 5.32 Å². The average Bonchev–Trinajstić information content (AvgIpc) is 2.15. The molecule has 0 atom stereocenters. The summed E-state index contributed by atoms with van der Waals surface area (Å²) in [5, 5.41) is 2.73. The molecule has 1 amide bonds. The number of carbonyl (C=O) groups excluding carboxylic acids is 1. The summed E-state index contributed by atoms with van der Waals surface area (Å²) < 4.78 is 0. The molecule has 0 saturated heterocycles. The molecule has 13 heavy (non-hydrogen) atoms. The number of hydrogen-bond donors (Lipinski definition) is 2. The van der Waals surface area contributed by atoms with E-state index in [4.69, 9.17) is 0 Å². The fraction of sp³-hybridized carbons (Fsp3) is 0.333. The summed E-state index contributed by atoms with van der Waals surface area (Å²) in [5.74, 6) is 0.560. The molecule has 1 aromatic rings. The van der Waals surface area contributed by atoms with E-state index in [9.17, 15) is 4.79 Å². The van der Waals surface area contributed by atoms with E-state index in [-0.39, 0.29) is 5.91 Å². The Morgan fingerprint density at radius 3 is 3.08 bits per heavy atom. The van der Waals surface area contributed by atoms with Crippen molar-refractivity contribution in [2.75, 3.05) is 12.3 Å². The molecule has 0 fully saturated rings. The van der Waals surface area contributed by atoms with E-state index in [2.05, 4.69) is 22.9 Å². The van der Waals surface area contributed by atoms with Crippen LogP contribution < -0.4 is 5.32 Å². The van der Waals surface area contributed by atoms with Crippen molar-refractivity contribution in [3.63, 3.8) is 0 Å². The number of carbonyl (C=O) groups is 1. The van der Waals surface area contributed by atoms with Gasteiger partial charge in [0.25, 0.3) is 5.91 Å². The van der Waals surface area contributed by atoms with Gasteiger partial charge in [-0.05, 0) is 18.6 Å². The molecule has 0 aliphatic rings. The van der Waals surface area contributed by atoms with Crippen LogP contribution in [0.1, 0.15) is 15.9 Å². The summed E-state index contributed by atoms with van der Waals surface area (Å²) >= 11 is 4.00. The van der Waals surface area contributed by atoms with Gasteiger partial charge in [-0.25, -0.2) is 0 Å². The summed E-state index contributed by atoms with van der Waals surface area (Å²) in [6, 6.07) is 1.82. The van der Waals surface area contributed by atoms with Crippen molar-refractivity contribution < 1.29 is 4.79 Å². The van der Waals surface area contributed by atoms with Crippen LogP contribution in [0.3, 0.4) is 0 Å². The third-order valence-electron chi connectivity index (χ3n) is 1.68. The van der Waals surface area contributed by atoms with Crippen LogP contribution in [0.5, 0.6) is 0 Å². The Morgan fingerprint density at radius 2 is 2.46 bits per heavy atom. The van der Waals surface area contributed by atoms with Crippen LogP contribution in [0.4, 0.5) is 0 Å². The van der Waals surface area contributed by atoms with Gasteiger partial charge in [0.2, 0.25) is 0 Å². The van der Waals surface area contributed by atoms with Crippen molar-refractivity contribution in [2.45, 2.75) is 6.92 Å². The van der Waals surface area contributed by atoms with Gasteiger partial charge in [-0.2, -0.15) is 12.6 Å². The molecule has 0 radical (unpaired) electrons. The van der Waals surface area contributed by atoms with Crippen molar-refractivity contribution in [1.29, 1.82) is 0 Å². The molecular weight excluding hydrogens is 184 g/mol. The van der Waals surface area contributed by atoms with Crippen LogP contribution in [0, 0.1) is 6.92 Å². The van der Waals surface area contributed by atoms with Crippen LogP contribution >= 0.6 is 12.6 Å². The third-order valence-corrected chi connectivity index (χ3v) is 1.90. The number of nitrogens with one attached hydrogen (secondary N) is 1. The number of nitrogens with zero attached hydrogens (tertiary/aromatic N) is 1. The van der Waals surface area contributed by atoms with Crippen LogP contribution in [-0.2, 0) is 0 Å². The lowest BCUT2D eigenvalue weighted by Gasteiger charge is -2.04. The number of amides is 1. The van der Waals surface area contributed by atoms with Crippen LogP contribution in [0.15, 0.2) is 18.5 Å². The second-order valence-electron chi connectivity index (χ2n) is 2.67. The topological polar surface area (TPSA) is 42.0 Å². The largest absolute Gasteiger partial charge is 0.351 e. The minimum Gasteiger partial charge on any atom is -0.351 e. The van der Waals surface area contributed by atoms with Gasteiger partial charge in [0, 0.05) is 24.7 Å². The van der Waals surface area contributed by atoms with Gasteiger partial charge >= 0.3 is 0 Å². The van der Waals surface area contributed by atoms with Gasteiger partial charge in [0.1, 0.15) is 0 Å². The van der Waals surface area contributed by atoms with Crippen LogP contribution in [0.2, 0.25) is 0 Å². The fourth-order valence-corrected chi connectivity index (χ4v) is 1.08. The molecule has 0 unspecified atom stereocenters. The van der Waals surface area contributed by atoms with E-state index in [0.29, 0.717) is 17.9 Å². The van der Waals surface area contributed by atoms with Crippen molar-refractivity contribution in [2.24, 2.45) is 0 Å². The Labute approximate surface area is 83.0 Å². The van der Waals surface area contributed by atoms with Gasteiger partial charge in [-0.15, -0.1) is 0 Å². The van der Waals surface area contributed by atoms with E-state index in [0.717, 1.165) is 5.56 Å². The maximum atomic E-state index is 11.4. The predicted octanol–water partition coefficient (Wildman–Crippen LogP) is 1.05. The first kappa shape index (κ1) is 10.1. The molecule has 0 aliphatic heterocycles. The Balaban J connectivity index is 2.71. The SMILES string of the molecule is Cc1ccncc1C(=O)NCCS. The van der Waals surface area contributed by atoms with E-state index in [1.165, 1.54) is 0 Å². The summed E-state index contributed by atoms with van der Waals surface area (Å²) in [4.78, 5) is 15.3. The molecule has 1 rings (SSSR count). The molecule has 4 heteroatoms. The number of rotatable bonds is 3. The zero-order valence-electron chi connectivity index (χ0n) is 7.45. The Bertz CT molecular complexity index is 301. The second kappa shape index (κ2) is 4.87. The quantitative estimate of drug-likeness (QED) is 0.710. The maximum absolute atomic E-state index is 11.4. The zero-order chi connectivity index (χ0) is 9.68. The van der Waals surface area contributed by atoms with Crippen molar-refractivity contribution in [3.8, 4) is 0 Å². The number of aryl methyl sites for hydroxylation is 1. The van der Waals surface area contributed by atoms with Gasteiger partial charge in [0.15, 0.2) is 0 Å². The minimum absolute atomic E-state index is 0.0837. The Hall–Kier alpha value is -1.03. The fourth-order valence-electron chi connectivity index (χ4n) is 0.966. The van der Waals surface area contributed by atoms with Gasteiger partial charge in [0.05, 0.1) is 5.56 Å². The Morgan fingerprint density at radius 1 is 1.69 bits per heavy atom. The molecule has 0 saturated carbocycles. The average molecular weight is 196 g/mol. The van der Waals surface area contributed by atoms with Crippen LogP contribution in [0.25, 0.3) is 0 Å². The molecule has 3 nitrogen and oxygen atoms in total. The normalized spacial score (nSPS) is 9.69. The molecule has 1 heterocycles. The molecule has 1 aromatic heterocycles. The highest BCUT2D eigenvalue weighted by Crippen LogP contribution is 2.03. The van der Waals surface area contributed by atoms with Gasteiger partial charge in [-0.1, -0.05) is 0 Å². The summed E-state index contributed by atoms with van der Waals surface area (Å²) in [7, 11) is 0. The molecule has 70 valence electrons.